The molecule has 3 rings (SSSR count). The quantitative estimate of drug-likeness (QED) is 0.407. The Morgan fingerprint density at radius 3 is 2.56 bits per heavy atom. The van der Waals surface area contributed by atoms with Crippen molar-refractivity contribution in [1.82, 2.24) is 10.2 Å². The number of hydrogen-bond acceptors (Lipinski definition) is 5. The highest BCUT2D eigenvalue weighted by molar-refractivity contribution is 14.1. The molecule has 0 radical (unpaired) electrons. The van der Waals surface area contributed by atoms with E-state index in [4.69, 9.17) is 16.0 Å². The summed E-state index contributed by atoms with van der Waals surface area (Å²) in [5, 5.41) is 11.8. The molecule has 0 saturated heterocycles. The Balaban J connectivity index is 1.50. The molecule has 2 aromatic carbocycles. The lowest BCUT2D eigenvalue weighted by Crippen LogP contribution is -2.13. The van der Waals surface area contributed by atoms with Gasteiger partial charge in [0.25, 0.3) is 5.22 Å². The van der Waals surface area contributed by atoms with Crippen LogP contribution in [0.25, 0.3) is 0 Å². The summed E-state index contributed by atoms with van der Waals surface area (Å²) in [6.45, 7) is 0. The van der Waals surface area contributed by atoms with E-state index in [1.807, 2.05) is 48.5 Å². The molecule has 0 aliphatic rings. The Kier molecular flexibility index (Phi) is 6.33. The molecule has 1 aromatic heterocycles. The second kappa shape index (κ2) is 8.68. The van der Waals surface area contributed by atoms with Crippen LogP contribution in [0.15, 0.2) is 58.2 Å². The van der Waals surface area contributed by atoms with E-state index in [-0.39, 0.29) is 11.7 Å². The minimum absolute atomic E-state index is 0.122. The largest absolute Gasteiger partial charge is 0.416 e. The standard InChI is InChI=1S/C17H13ClIN3O2S/c18-12-3-1-11(2-4-12)9-16-21-22-17(24-16)25-10-15(23)20-14-7-5-13(19)6-8-14/h1-8H,9-10H2,(H,20,23). The van der Waals surface area contributed by atoms with E-state index in [1.165, 1.54) is 11.8 Å². The molecule has 8 heteroatoms. The van der Waals surface area contributed by atoms with Crippen molar-refractivity contribution in [1.29, 1.82) is 0 Å². The fourth-order valence-electron chi connectivity index (χ4n) is 2.00. The summed E-state index contributed by atoms with van der Waals surface area (Å²) < 4.78 is 6.68. The summed E-state index contributed by atoms with van der Waals surface area (Å²) in [4.78, 5) is 12.0. The number of carbonyl (C=O) groups is 1. The smallest absolute Gasteiger partial charge is 0.277 e. The molecule has 5 nitrogen and oxygen atoms in total. The molecule has 0 aliphatic heterocycles. The van der Waals surface area contributed by atoms with Crippen LogP contribution in [0.5, 0.6) is 0 Å². The van der Waals surface area contributed by atoms with Crippen molar-refractivity contribution in [2.75, 3.05) is 11.1 Å². The highest BCUT2D eigenvalue weighted by atomic mass is 127. The molecule has 0 fully saturated rings. The van der Waals surface area contributed by atoms with Crippen molar-refractivity contribution in [3.05, 3.63) is 68.6 Å². The lowest BCUT2D eigenvalue weighted by Gasteiger charge is -2.03. The topological polar surface area (TPSA) is 68.0 Å². The van der Waals surface area contributed by atoms with Gasteiger partial charge in [-0.3, -0.25) is 4.79 Å². The number of rotatable bonds is 6. The minimum atomic E-state index is -0.122. The number of nitrogens with zero attached hydrogens (tertiary/aromatic N) is 2. The van der Waals surface area contributed by atoms with Crippen molar-refractivity contribution in [3.8, 4) is 0 Å². The van der Waals surface area contributed by atoms with Crippen LogP contribution >= 0.6 is 46.0 Å². The predicted molar refractivity (Wildman–Crippen MR) is 107 cm³/mol. The molecule has 0 bridgehead atoms. The van der Waals surface area contributed by atoms with E-state index in [0.29, 0.717) is 22.6 Å². The predicted octanol–water partition coefficient (Wildman–Crippen LogP) is 4.65. The summed E-state index contributed by atoms with van der Waals surface area (Å²) in [7, 11) is 0. The number of carbonyl (C=O) groups excluding carboxylic acids is 1. The highest BCUT2D eigenvalue weighted by Gasteiger charge is 2.10. The third-order valence-electron chi connectivity index (χ3n) is 3.17. The zero-order chi connectivity index (χ0) is 17.6. The first kappa shape index (κ1) is 18.2. The number of hydrogen-bond donors (Lipinski definition) is 1. The van der Waals surface area contributed by atoms with Gasteiger partial charge in [-0.15, -0.1) is 10.2 Å². The molecule has 0 spiro atoms. The van der Waals surface area contributed by atoms with E-state index in [1.54, 1.807) is 0 Å². The van der Waals surface area contributed by atoms with Gasteiger partial charge in [-0.25, -0.2) is 0 Å². The van der Waals surface area contributed by atoms with Gasteiger partial charge in [-0.05, 0) is 64.6 Å². The monoisotopic (exact) mass is 485 g/mol. The molecule has 0 atom stereocenters. The minimum Gasteiger partial charge on any atom is -0.416 e. The number of aromatic nitrogens is 2. The molecule has 1 amide bonds. The number of benzene rings is 2. The lowest BCUT2D eigenvalue weighted by atomic mass is 10.1. The molecule has 25 heavy (non-hydrogen) atoms. The molecule has 0 unspecified atom stereocenters. The average molecular weight is 486 g/mol. The summed E-state index contributed by atoms with van der Waals surface area (Å²) in [6.07, 6.45) is 0.527. The van der Waals surface area contributed by atoms with Gasteiger partial charge in [0.15, 0.2) is 0 Å². The molecule has 1 heterocycles. The van der Waals surface area contributed by atoms with Crippen LogP contribution in [-0.2, 0) is 11.2 Å². The molecule has 0 aliphatic carbocycles. The van der Waals surface area contributed by atoms with Gasteiger partial charge < -0.3 is 9.73 Å². The Labute approximate surface area is 167 Å². The number of anilines is 1. The van der Waals surface area contributed by atoms with Gasteiger partial charge in [0.05, 0.1) is 12.2 Å². The number of halogens is 2. The second-order valence-electron chi connectivity index (χ2n) is 5.11. The van der Waals surface area contributed by atoms with Crippen molar-refractivity contribution >= 4 is 57.5 Å². The number of nitrogens with one attached hydrogen (secondary N) is 1. The maximum absolute atomic E-state index is 12.0. The fraction of sp³-hybridized carbons (Fsp3) is 0.118. The maximum atomic E-state index is 12.0. The van der Waals surface area contributed by atoms with Crippen LogP contribution in [0.1, 0.15) is 11.5 Å². The normalized spacial score (nSPS) is 10.6. The van der Waals surface area contributed by atoms with Gasteiger partial charge in [0.2, 0.25) is 11.8 Å². The van der Waals surface area contributed by atoms with Gasteiger partial charge >= 0.3 is 0 Å². The van der Waals surface area contributed by atoms with E-state index in [2.05, 4.69) is 38.1 Å². The van der Waals surface area contributed by atoms with E-state index in [9.17, 15) is 4.79 Å². The van der Waals surface area contributed by atoms with Crippen LogP contribution < -0.4 is 5.32 Å². The first-order chi connectivity index (χ1) is 12.1. The highest BCUT2D eigenvalue weighted by Crippen LogP contribution is 2.19. The molecule has 128 valence electrons. The van der Waals surface area contributed by atoms with E-state index >= 15 is 0 Å². The van der Waals surface area contributed by atoms with Crippen LogP contribution in [0.3, 0.4) is 0 Å². The molecule has 1 N–H and O–H groups in total. The van der Waals surface area contributed by atoms with Gasteiger partial charge in [-0.1, -0.05) is 35.5 Å². The summed E-state index contributed by atoms with van der Waals surface area (Å²) >= 11 is 9.29. The Morgan fingerprint density at radius 1 is 1.12 bits per heavy atom. The number of thioether (sulfide) groups is 1. The van der Waals surface area contributed by atoms with Crippen molar-refractivity contribution in [3.63, 3.8) is 0 Å². The zero-order valence-electron chi connectivity index (χ0n) is 12.9. The van der Waals surface area contributed by atoms with E-state index in [0.717, 1.165) is 14.8 Å². The van der Waals surface area contributed by atoms with Gasteiger partial charge in [-0.2, -0.15) is 0 Å². The van der Waals surface area contributed by atoms with Crippen LogP contribution in [-0.4, -0.2) is 21.9 Å². The second-order valence-corrected chi connectivity index (χ2v) is 7.72. The SMILES string of the molecule is O=C(CSc1nnc(Cc2ccc(Cl)cc2)o1)Nc1ccc(I)cc1. The van der Waals surface area contributed by atoms with Crippen molar-refractivity contribution in [2.24, 2.45) is 0 Å². The summed E-state index contributed by atoms with van der Waals surface area (Å²) in [5.74, 6) is 0.584. The average Bonchev–Trinajstić information content (AvgIpc) is 3.05. The van der Waals surface area contributed by atoms with E-state index < -0.39 is 0 Å². The third kappa shape index (κ3) is 5.72. The maximum Gasteiger partial charge on any atom is 0.277 e. The van der Waals surface area contributed by atoms with Crippen LogP contribution in [0.4, 0.5) is 5.69 Å². The van der Waals surface area contributed by atoms with Crippen molar-refractivity contribution < 1.29 is 9.21 Å². The summed E-state index contributed by atoms with van der Waals surface area (Å²) in [5.41, 5.74) is 1.79. The van der Waals surface area contributed by atoms with Crippen molar-refractivity contribution in [2.45, 2.75) is 11.6 Å². The van der Waals surface area contributed by atoms with Crippen LogP contribution in [0, 0.1) is 3.57 Å². The summed E-state index contributed by atoms with van der Waals surface area (Å²) in [6, 6.07) is 15.1. The number of amides is 1. The molecule has 3 aromatic rings. The Morgan fingerprint density at radius 2 is 1.84 bits per heavy atom. The van der Waals surface area contributed by atoms with Gasteiger partial charge in [0.1, 0.15) is 0 Å². The Hall–Kier alpha value is -1.58. The van der Waals surface area contributed by atoms with Crippen LogP contribution in [0.2, 0.25) is 5.02 Å². The molecular weight excluding hydrogens is 473 g/mol. The molecular formula is C17H13ClIN3O2S. The fourth-order valence-corrected chi connectivity index (χ4v) is 3.07. The van der Waals surface area contributed by atoms with Gasteiger partial charge in [0, 0.05) is 14.3 Å². The molecule has 0 saturated carbocycles. The zero-order valence-corrected chi connectivity index (χ0v) is 16.6. The first-order valence-corrected chi connectivity index (χ1v) is 9.78. The first-order valence-electron chi connectivity index (χ1n) is 7.33. The third-order valence-corrected chi connectivity index (χ3v) is 4.96. The lowest BCUT2D eigenvalue weighted by molar-refractivity contribution is -0.113. The Bertz CT molecular complexity index is 853.